The summed E-state index contributed by atoms with van der Waals surface area (Å²) in [5.41, 5.74) is 0.983. The van der Waals surface area contributed by atoms with Crippen LogP contribution in [-0.2, 0) is 14.3 Å². The third kappa shape index (κ3) is 4.70. The van der Waals surface area contributed by atoms with E-state index in [4.69, 9.17) is 4.74 Å². The lowest BCUT2D eigenvalue weighted by Gasteiger charge is -2.14. The highest BCUT2D eigenvalue weighted by Gasteiger charge is 2.19. The molecular weight excluding hydrogens is 228 g/mol. The molecule has 0 heterocycles. The lowest BCUT2D eigenvalue weighted by atomic mass is 9.97. The second kappa shape index (κ2) is 7.64. The van der Waals surface area contributed by atoms with Crippen LogP contribution in [0.4, 0.5) is 0 Å². The van der Waals surface area contributed by atoms with Crippen molar-refractivity contribution in [3.8, 4) is 0 Å². The van der Waals surface area contributed by atoms with Crippen LogP contribution in [0.1, 0.15) is 44.6 Å². The van der Waals surface area contributed by atoms with Crippen molar-refractivity contribution >= 4 is 11.8 Å². The van der Waals surface area contributed by atoms with Gasteiger partial charge in [-0.25, -0.2) is 0 Å². The van der Waals surface area contributed by atoms with Crippen LogP contribution in [0.5, 0.6) is 0 Å². The fraction of sp³-hybridized carbons (Fsp3) is 0.467. The lowest BCUT2D eigenvalue weighted by Crippen LogP contribution is -2.16. The van der Waals surface area contributed by atoms with Crippen LogP contribution in [0.3, 0.4) is 0 Å². The molecule has 0 radical (unpaired) electrons. The number of Topliss-reactive ketones (excluding diaryl/α,β-unsaturated/α-hetero) is 1. The average molecular weight is 248 g/mol. The van der Waals surface area contributed by atoms with E-state index < -0.39 is 0 Å². The fourth-order valence-corrected chi connectivity index (χ4v) is 1.82. The van der Waals surface area contributed by atoms with Crippen LogP contribution in [-0.4, -0.2) is 18.4 Å². The van der Waals surface area contributed by atoms with E-state index in [9.17, 15) is 9.59 Å². The van der Waals surface area contributed by atoms with Crippen molar-refractivity contribution in [3.05, 3.63) is 35.9 Å². The summed E-state index contributed by atoms with van der Waals surface area (Å²) in [6.45, 7) is 3.83. The Bertz CT molecular complexity index is 384. The summed E-state index contributed by atoms with van der Waals surface area (Å²) in [5.74, 6) is -0.281. The SMILES string of the molecule is CCC(C(=O)OCCCC(C)=O)c1ccccc1. The van der Waals surface area contributed by atoms with Crippen molar-refractivity contribution in [1.29, 1.82) is 0 Å². The van der Waals surface area contributed by atoms with E-state index in [1.165, 1.54) is 0 Å². The first kappa shape index (κ1) is 14.4. The minimum absolute atomic E-state index is 0.126. The van der Waals surface area contributed by atoms with E-state index in [1.54, 1.807) is 6.92 Å². The van der Waals surface area contributed by atoms with Crippen molar-refractivity contribution in [1.82, 2.24) is 0 Å². The first-order valence-corrected chi connectivity index (χ1v) is 6.36. The Morgan fingerprint density at radius 3 is 2.44 bits per heavy atom. The molecule has 1 rings (SSSR count). The van der Waals surface area contributed by atoms with E-state index in [2.05, 4.69) is 0 Å². The Balaban J connectivity index is 2.46. The second-order valence-corrected chi connectivity index (χ2v) is 4.34. The molecule has 0 aliphatic rings. The predicted molar refractivity (Wildman–Crippen MR) is 70.3 cm³/mol. The highest BCUT2D eigenvalue weighted by atomic mass is 16.5. The van der Waals surface area contributed by atoms with Gasteiger partial charge in [0.15, 0.2) is 0 Å². The van der Waals surface area contributed by atoms with Gasteiger partial charge in [-0.15, -0.1) is 0 Å². The monoisotopic (exact) mass is 248 g/mol. The zero-order valence-electron chi connectivity index (χ0n) is 11.0. The van der Waals surface area contributed by atoms with Gasteiger partial charge < -0.3 is 9.53 Å². The van der Waals surface area contributed by atoms with Gasteiger partial charge in [-0.3, -0.25) is 4.79 Å². The molecular formula is C15H20O3. The van der Waals surface area contributed by atoms with Crippen LogP contribution in [0, 0.1) is 0 Å². The van der Waals surface area contributed by atoms with Crippen LogP contribution >= 0.6 is 0 Å². The molecule has 1 atom stereocenters. The van der Waals surface area contributed by atoms with Gasteiger partial charge in [-0.05, 0) is 25.3 Å². The quantitative estimate of drug-likeness (QED) is 0.550. The zero-order valence-corrected chi connectivity index (χ0v) is 11.0. The van der Waals surface area contributed by atoms with E-state index in [0.717, 1.165) is 12.0 Å². The van der Waals surface area contributed by atoms with Crippen LogP contribution in [0.15, 0.2) is 30.3 Å². The summed E-state index contributed by atoms with van der Waals surface area (Å²) < 4.78 is 5.21. The van der Waals surface area contributed by atoms with E-state index in [-0.39, 0.29) is 17.7 Å². The minimum atomic E-state index is -0.205. The molecule has 1 unspecified atom stereocenters. The van der Waals surface area contributed by atoms with Gasteiger partial charge in [0, 0.05) is 6.42 Å². The van der Waals surface area contributed by atoms with Crippen LogP contribution in [0.2, 0.25) is 0 Å². The minimum Gasteiger partial charge on any atom is -0.465 e. The Morgan fingerprint density at radius 1 is 1.22 bits per heavy atom. The van der Waals surface area contributed by atoms with Gasteiger partial charge in [-0.1, -0.05) is 37.3 Å². The Hall–Kier alpha value is -1.64. The summed E-state index contributed by atoms with van der Waals surface area (Å²) in [5, 5.41) is 0. The van der Waals surface area contributed by atoms with Gasteiger partial charge in [0.25, 0.3) is 0 Å². The fourth-order valence-electron chi connectivity index (χ4n) is 1.82. The number of hydrogen-bond acceptors (Lipinski definition) is 3. The van der Waals surface area contributed by atoms with Gasteiger partial charge in [0.2, 0.25) is 0 Å². The smallest absolute Gasteiger partial charge is 0.313 e. The average Bonchev–Trinajstić information content (AvgIpc) is 2.36. The van der Waals surface area contributed by atoms with Crippen molar-refractivity contribution < 1.29 is 14.3 Å². The molecule has 3 heteroatoms. The van der Waals surface area contributed by atoms with Crippen LogP contribution in [0.25, 0.3) is 0 Å². The standard InChI is InChI=1S/C15H20O3/c1-3-14(13-9-5-4-6-10-13)15(17)18-11-7-8-12(2)16/h4-6,9-10,14H,3,7-8,11H2,1-2H3. The van der Waals surface area contributed by atoms with Gasteiger partial charge in [-0.2, -0.15) is 0 Å². The highest BCUT2D eigenvalue weighted by Crippen LogP contribution is 2.20. The number of ether oxygens (including phenoxy) is 1. The first-order valence-electron chi connectivity index (χ1n) is 6.36. The molecule has 0 saturated heterocycles. The topological polar surface area (TPSA) is 43.4 Å². The summed E-state index contributed by atoms with van der Waals surface area (Å²) in [6, 6.07) is 9.63. The normalized spacial score (nSPS) is 11.9. The maximum absolute atomic E-state index is 11.9. The molecule has 0 aromatic heterocycles. The summed E-state index contributed by atoms with van der Waals surface area (Å²) >= 11 is 0. The third-order valence-electron chi connectivity index (χ3n) is 2.81. The molecule has 0 fully saturated rings. The predicted octanol–water partition coefficient (Wildman–Crippen LogP) is 3.09. The Labute approximate surface area is 108 Å². The number of esters is 1. The molecule has 0 amide bonds. The number of carbonyl (C=O) groups is 2. The van der Waals surface area contributed by atoms with Crippen molar-refractivity contribution in [3.63, 3.8) is 0 Å². The number of rotatable bonds is 7. The van der Waals surface area contributed by atoms with E-state index in [0.29, 0.717) is 19.4 Å². The first-order chi connectivity index (χ1) is 8.65. The van der Waals surface area contributed by atoms with Gasteiger partial charge in [0.1, 0.15) is 5.78 Å². The number of benzene rings is 1. The Morgan fingerprint density at radius 2 is 1.89 bits per heavy atom. The molecule has 0 aliphatic carbocycles. The number of hydrogen-bond donors (Lipinski definition) is 0. The van der Waals surface area contributed by atoms with Crippen molar-refractivity contribution in [2.75, 3.05) is 6.61 Å². The Kier molecular flexibility index (Phi) is 6.12. The third-order valence-corrected chi connectivity index (χ3v) is 2.81. The number of carbonyl (C=O) groups excluding carboxylic acids is 2. The summed E-state index contributed by atoms with van der Waals surface area (Å²) in [6.07, 6.45) is 1.79. The summed E-state index contributed by atoms with van der Waals surface area (Å²) in [4.78, 5) is 22.7. The van der Waals surface area contributed by atoms with Crippen LogP contribution < -0.4 is 0 Å². The molecule has 0 bridgehead atoms. The molecule has 0 N–H and O–H groups in total. The second-order valence-electron chi connectivity index (χ2n) is 4.34. The maximum Gasteiger partial charge on any atom is 0.313 e. The zero-order chi connectivity index (χ0) is 13.4. The molecule has 0 aliphatic heterocycles. The lowest BCUT2D eigenvalue weighted by molar-refractivity contribution is -0.146. The van der Waals surface area contributed by atoms with E-state index >= 15 is 0 Å². The highest BCUT2D eigenvalue weighted by molar-refractivity contribution is 5.78. The summed E-state index contributed by atoms with van der Waals surface area (Å²) in [7, 11) is 0. The molecule has 1 aromatic rings. The molecule has 0 spiro atoms. The van der Waals surface area contributed by atoms with Gasteiger partial charge >= 0.3 is 5.97 Å². The molecule has 18 heavy (non-hydrogen) atoms. The molecule has 98 valence electrons. The maximum atomic E-state index is 11.9. The van der Waals surface area contributed by atoms with Crippen molar-refractivity contribution in [2.24, 2.45) is 0 Å². The van der Waals surface area contributed by atoms with E-state index in [1.807, 2.05) is 37.3 Å². The molecule has 0 saturated carbocycles. The molecule has 3 nitrogen and oxygen atoms in total. The largest absolute Gasteiger partial charge is 0.465 e. The van der Waals surface area contributed by atoms with Crippen molar-refractivity contribution in [2.45, 2.75) is 39.0 Å². The number of ketones is 1. The molecule has 1 aromatic carbocycles. The van der Waals surface area contributed by atoms with Gasteiger partial charge in [0.05, 0.1) is 12.5 Å².